The van der Waals surface area contributed by atoms with Crippen LogP contribution >= 0.6 is 0 Å². The molecule has 3 amide bonds. The third-order valence-electron chi connectivity index (χ3n) is 5.35. The molecule has 0 aliphatic heterocycles. The highest BCUT2D eigenvalue weighted by molar-refractivity contribution is 5.96. The maximum atomic E-state index is 12.3. The molecule has 188 valence electrons. The summed E-state index contributed by atoms with van der Waals surface area (Å²) >= 11 is 0. The molecule has 0 atom stereocenters. The summed E-state index contributed by atoms with van der Waals surface area (Å²) < 4.78 is 4.96. The summed E-state index contributed by atoms with van der Waals surface area (Å²) in [6.07, 6.45) is 1.83. The van der Waals surface area contributed by atoms with Crippen molar-refractivity contribution >= 4 is 34.8 Å². The van der Waals surface area contributed by atoms with E-state index in [0.717, 1.165) is 17.7 Å². The Bertz CT molecular complexity index is 1120. The van der Waals surface area contributed by atoms with E-state index in [1.165, 1.54) is 0 Å². The molecule has 3 aromatic carbocycles. The molecule has 0 aliphatic rings. The van der Waals surface area contributed by atoms with Crippen LogP contribution in [0, 0.1) is 0 Å². The van der Waals surface area contributed by atoms with Crippen molar-refractivity contribution in [3.8, 4) is 0 Å². The Kier molecular flexibility index (Phi) is 10.5. The second-order valence-corrected chi connectivity index (χ2v) is 8.19. The van der Waals surface area contributed by atoms with Crippen molar-refractivity contribution in [2.45, 2.75) is 19.3 Å². The van der Waals surface area contributed by atoms with Crippen LogP contribution in [0.15, 0.2) is 78.9 Å². The van der Waals surface area contributed by atoms with E-state index >= 15 is 0 Å². The van der Waals surface area contributed by atoms with Crippen molar-refractivity contribution in [3.63, 3.8) is 0 Å². The SMILES string of the molecule is COCCCNC(=O)c1ccc(NCC(=O)Nc2ccc(NC(=O)CCc3ccccc3)cc2)cc1. The lowest BCUT2D eigenvalue weighted by Crippen LogP contribution is -2.25. The summed E-state index contributed by atoms with van der Waals surface area (Å²) in [4.78, 5) is 36.6. The monoisotopic (exact) mass is 488 g/mol. The van der Waals surface area contributed by atoms with Gasteiger partial charge in [-0.1, -0.05) is 30.3 Å². The number of aryl methyl sites for hydroxylation is 1. The first-order valence-electron chi connectivity index (χ1n) is 11.9. The maximum Gasteiger partial charge on any atom is 0.251 e. The quantitative estimate of drug-likeness (QED) is 0.271. The summed E-state index contributed by atoms with van der Waals surface area (Å²) in [6, 6.07) is 23.8. The number of amides is 3. The number of methoxy groups -OCH3 is 1. The summed E-state index contributed by atoms with van der Waals surface area (Å²) in [5.41, 5.74) is 3.70. The van der Waals surface area contributed by atoms with Crippen LogP contribution in [0.4, 0.5) is 17.1 Å². The summed E-state index contributed by atoms with van der Waals surface area (Å²) in [5, 5.41) is 11.6. The fourth-order valence-corrected chi connectivity index (χ4v) is 3.41. The minimum absolute atomic E-state index is 0.0607. The zero-order chi connectivity index (χ0) is 25.6. The lowest BCUT2D eigenvalue weighted by atomic mass is 10.1. The van der Waals surface area contributed by atoms with Crippen LogP contribution in [0.25, 0.3) is 0 Å². The standard InChI is InChI=1S/C28H32N4O4/c1-36-19-5-18-29-28(35)22-9-11-23(12-10-22)30-20-27(34)32-25-15-13-24(14-16-25)31-26(33)17-8-21-6-3-2-4-7-21/h2-4,6-7,9-16,30H,5,8,17-20H2,1H3,(H,29,35)(H,31,33)(H,32,34). The number of anilines is 3. The van der Waals surface area contributed by atoms with Gasteiger partial charge >= 0.3 is 0 Å². The molecule has 8 nitrogen and oxygen atoms in total. The van der Waals surface area contributed by atoms with Crippen molar-refractivity contribution in [3.05, 3.63) is 90.0 Å². The molecular formula is C28H32N4O4. The summed E-state index contributed by atoms with van der Waals surface area (Å²) in [5.74, 6) is -0.421. The Morgan fingerprint density at radius 1 is 0.750 bits per heavy atom. The first-order chi connectivity index (χ1) is 17.5. The lowest BCUT2D eigenvalue weighted by Gasteiger charge is -2.10. The molecule has 0 aromatic heterocycles. The number of benzene rings is 3. The molecule has 3 aromatic rings. The largest absolute Gasteiger partial charge is 0.385 e. The third kappa shape index (κ3) is 9.23. The van der Waals surface area contributed by atoms with Crippen LogP contribution in [0.1, 0.15) is 28.8 Å². The van der Waals surface area contributed by atoms with Gasteiger partial charge in [-0.3, -0.25) is 14.4 Å². The molecule has 0 spiro atoms. The Balaban J connectivity index is 1.37. The average molecular weight is 489 g/mol. The smallest absolute Gasteiger partial charge is 0.251 e. The molecule has 0 saturated carbocycles. The van der Waals surface area contributed by atoms with Crippen LogP contribution in [-0.2, 0) is 20.7 Å². The number of rotatable bonds is 13. The van der Waals surface area contributed by atoms with Gasteiger partial charge in [-0.15, -0.1) is 0 Å². The van der Waals surface area contributed by atoms with Gasteiger partial charge in [0.25, 0.3) is 5.91 Å². The predicted molar refractivity (Wildman–Crippen MR) is 142 cm³/mol. The van der Waals surface area contributed by atoms with E-state index in [1.54, 1.807) is 55.6 Å². The average Bonchev–Trinajstić information content (AvgIpc) is 2.91. The summed E-state index contributed by atoms with van der Waals surface area (Å²) in [6.45, 7) is 1.22. The van der Waals surface area contributed by atoms with Gasteiger partial charge < -0.3 is 26.0 Å². The second-order valence-electron chi connectivity index (χ2n) is 8.19. The third-order valence-corrected chi connectivity index (χ3v) is 5.35. The van der Waals surface area contributed by atoms with Gasteiger partial charge in [0.2, 0.25) is 11.8 Å². The maximum absolute atomic E-state index is 12.3. The number of hydrogen-bond donors (Lipinski definition) is 4. The molecule has 0 fully saturated rings. The highest BCUT2D eigenvalue weighted by Crippen LogP contribution is 2.15. The van der Waals surface area contributed by atoms with Gasteiger partial charge in [0.05, 0.1) is 6.54 Å². The number of carbonyl (C=O) groups excluding carboxylic acids is 3. The predicted octanol–water partition coefficient (Wildman–Crippen LogP) is 4.07. The van der Waals surface area contributed by atoms with Gasteiger partial charge in [-0.2, -0.15) is 0 Å². The zero-order valence-corrected chi connectivity index (χ0v) is 20.4. The van der Waals surface area contributed by atoms with Gasteiger partial charge in [-0.25, -0.2) is 0 Å². The Morgan fingerprint density at radius 3 is 2.00 bits per heavy atom. The van der Waals surface area contributed by atoms with Crippen LogP contribution in [0.3, 0.4) is 0 Å². The minimum Gasteiger partial charge on any atom is -0.385 e. The molecule has 4 N–H and O–H groups in total. The van der Waals surface area contributed by atoms with Crippen molar-refractivity contribution in [2.75, 3.05) is 42.8 Å². The fraction of sp³-hybridized carbons (Fsp3) is 0.250. The van der Waals surface area contributed by atoms with E-state index in [2.05, 4.69) is 21.3 Å². The van der Waals surface area contributed by atoms with Crippen molar-refractivity contribution < 1.29 is 19.1 Å². The normalized spacial score (nSPS) is 10.4. The zero-order valence-electron chi connectivity index (χ0n) is 20.4. The van der Waals surface area contributed by atoms with Gasteiger partial charge in [0.1, 0.15) is 0 Å². The van der Waals surface area contributed by atoms with Crippen molar-refractivity contribution in [2.24, 2.45) is 0 Å². The molecule has 8 heteroatoms. The highest BCUT2D eigenvalue weighted by Gasteiger charge is 2.07. The van der Waals surface area contributed by atoms with Gasteiger partial charge in [0, 0.05) is 49.3 Å². The van der Waals surface area contributed by atoms with E-state index in [9.17, 15) is 14.4 Å². The number of carbonyl (C=O) groups is 3. The van der Waals surface area contributed by atoms with Crippen LogP contribution in [0.5, 0.6) is 0 Å². The molecule has 0 unspecified atom stereocenters. The van der Waals surface area contributed by atoms with Crippen molar-refractivity contribution in [1.82, 2.24) is 5.32 Å². The highest BCUT2D eigenvalue weighted by atomic mass is 16.5. The molecular weight excluding hydrogens is 456 g/mol. The Labute approximate surface area is 211 Å². The Morgan fingerprint density at radius 2 is 1.36 bits per heavy atom. The second kappa shape index (κ2) is 14.3. The summed E-state index contributed by atoms with van der Waals surface area (Å²) in [7, 11) is 1.63. The van der Waals surface area contributed by atoms with Gasteiger partial charge in [-0.05, 0) is 66.9 Å². The lowest BCUT2D eigenvalue weighted by molar-refractivity contribution is -0.116. The number of ether oxygens (including phenoxy) is 1. The van der Waals surface area contributed by atoms with Gasteiger partial charge in [0.15, 0.2) is 0 Å². The topological polar surface area (TPSA) is 109 Å². The first-order valence-corrected chi connectivity index (χ1v) is 11.9. The number of hydrogen-bond acceptors (Lipinski definition) is 5. The minimum atomic E-state index is -0.213. The molecule has 0 radical (unpaired) electrons. The molecule has 3 rings (SSSR count). The van der Waals surface area contributed by atoms with E-state index < -0.39 is 0 Å². The van der Waals surface area contributed by atoms with Crippen molar-refractivity contribution in [1.29, 1.82) is 0 Å². The number of nitrogens with one attached hydrogen (secondary N) is 4. The van der Waals surface area contributed by atoms with Crippen LogP contribution in [0.2, 0.25) is 0 Å². The molecule has 36 heavy (non-hydrogen) atoms. The molecule has 0 heterocycles. The molecule has 0 saturated heterocycles. The molecule has 0 bridgehead atoms. The van der Waals surface area contributed by atoms with Crippen LogP contribution < -0.4 is 21.3 Å². The first kappa shape index (κ1) is 26.4. The van der Waals surface area contributed by atoms with E-state index in [4.69, 9.17) is 4.74 Å². The van der Waals surface area contributed by atoms with Crippen LogP contribution in [-0.4, -0.2) is 44.5 Å². The Hall–Kier alpha value is -4.17. The van der Waals surface area contributed by atoms with E-state index in [0.29, 0.717) is 42.9 Å². The molecule has 0 aliphatic carbocycles. The fourth-order valence-electron chi connectivity index (χ4n) is 3.41. The van der Waals surface area contributed by atoms with E-state index in [1.807, 2.05) is 30.3 Å². The van der Waals surface area contributed by atoms with E-state index in [-0.39, 0.29) is 24.3 Å².